The highest BCUT2D eigenvalue weighted by Crippen LogP contribution is 2.77. The maximum atomic E-state index is 12.8. The van der Waals surface area contributed by atoms with Gasteiger partial charge in [0.2, 0.25) is 0 Å². The summed E-state index contributed by atoms with van der Waals surface area (Å²) in [5, 5.41) is 31.6. The first-order valence-corrected chi connectivity index (χ1v) is 14.0. The van der Waals surface area contributed by atoms with E-state index in [4.69, 9.17) is 0 Å². The summed E-state index contributed by atoms with van der Waals surface area (Å²) in [7, 11) is 0. The van der Waals surface area contributed by atoms with E-state index in [0.29, 0.717) is 18.3 Å². The van der Waals surface area contributed by atoms with Crippen LogP contribution in [0.15, 0.2) is 12.2 Å². The minimum Gasteiger partial charge on any atom is -0.481 e. The molecule has 5 nitrogen and oxygen atoms in total. The Bertz CT molecular complexity index is 958. The number of carboxylic acid groups (broad SMARTS) is 2. The van der Waals surface area contributed by atoms with Gasteiger partial charge >= 0.3 is 11.9 Å². The van der Waals surface area contributed by atoms with E-state index in [0.717, 1.165) is 63.4 Å². The number of rotatable bonds is 3. The van der Waals surface area contributed by atoms with Crippen LogP contribution in [0.25, 0.3) is 0 Å². The van der Waals surface area contributed by atoms with Gasteiger partial charge in [0.1, 0.15) is 0 Å². The quantitative estimate of drug-likeness (QED) is 0.416. The van der Waals surface area contributed by atoms with Gasteiger partial charge in [0, 0.05) is 0 Å². The van der Waals surface area contributed by atoms with Crippen molar-refractivity contribution in [3.63, 3.8) is 0 Å². The van der Waals surface area contributed by atoms with Crippen molar-refractivity contribution >= 4 is 11.9 Å². The second-order valence-electron chi connectivity index (χ2n) is 14.3. The molecule has 0 aromatic heterocycles. The van der Waals surface area contributed by atoms with Crippen molar-refractivity contribution in [3.05, 3.63) is 12.2 Å². The largest absolute Gasteiger partial charge is 0.481 e. The Morgan fingerprint density at radius 3 is 2.06 bits per heavy atom. The molecule has 5 aliphatic carbocycles. The summed E-state index contributed by atoms with van der Waals surface area (Å²) < 4.78 is 0. The number of fused-ring (bicyclic) bond motifs is 7. The standard InChI is InChI=1S/C30H46O5/c1-17(2)18-9-14-30(25(34)35)16-15-27(4)19(23(18)30)7-8-20-26(3)12-11-22(31)29(6,24(32)33)21(26)10-13-28(20,27)5/h18-23,31H,1,7-16H2,2-6H3,(H,32,33)(H,34,35)/t18-,19+,20+,21+,22?,23+,26+,27+,28+,29?,30-/m0/s1. The Morgan fingerprint density at radius 2 is 1.46 bits per heavy atom. The molecule has 5 rings (SSSR count). The van der Waals surface area contributed by atoms with Crippen molar-refractivity contribution in [2.75, 3.05) is 0 Å². The van der Waals surface area contributed by atoms with Gasteiger partial charge in [-0.15, -0.1) is 0 Å². The van der Waals surface area contributed by atoms with Gasteiger partial charge in [0.05, 0.1) is 16.9 Å². The smallest absolute Gasteiger partial charge is 0.312 e. The van der Waals surface area contributed by atoms with Crippen molar-refractivity contribution in [2.24, 2.45) is 56.7 Å². The fourth-order valence-corrected chi connectivity index (χ4v) is 11.5. The first kappa shape index (κ1) is 25.3. The maximum Gasteiger partial charge on any atom is 0.312 e. The molecule has 35 heavy (non-hydrogen) atoms. The third kappa shape index (κ3) is 2.85. The highest BCUT2D eigenvalue weighted by Gasteiger charge is 2.73. The van der Waals surface area contributed by atoms with Gasteiger partial charge in [-0.3, -0.25) is 9.59 Å². The minimum absolute atomic E-state index is 0.0290. The summed E-state index contributed by atoms with van der Waals surface area (Å²) in [5.41, 5.74) is -0.638. The van der Waals surface area contributed by atoms with Gasteiger partial charge in [0.15, 0.2) is 0 Å². The fraction of sp³-hybridized carbons (Fsp3) is 0.867. The summed E-state index contributed by atoms with van der Waals surface area (Å²) in [6.07, 6.45) is 7.86. The summed E-state index contributed by atoms with van der Waals surface area (Å²) in [5.74, 6) is -0.315. The van der Waals surface area contributed by atoms with Crippen molar-refractivity contribution < 1.29 is 24.9 Å². The molecular formula is C30H46O5. The first-order chi connectivity index (χ1) is 16.2. The molecule has 0 saturated heterocycles. The van der Waals surface area contributed by atoms with E-state index in [1.54, 1.807) is 6.92 Å². The Balaban J connectivity index is 1.57. The normalized spacial score (nSPS) is 55.1. The number of aliphatic hydroxyl groups excluding tert-OH is 1. The summed E-state index contributed by atoms with van der Waals surface area (Å²) in [6, 6.07) is 0. The van der Waals surface area contributed by atoms with Crippen molar-refractivity contribution in [1.82, 2.24) is 0 Å². The topological polar surface area (TPSA) is 94.8 Å². The molecule has 0 bridgehead atoms. The molecule has 0 amide bonds. The molecule has 5 aliphatic rings. The average Bonchev–Trinajstić information content (AvgIpc) is 3.18. The van der Waals surface area contributed by atoms with Crippen molar-refractivity contribution in [2.45, 2.75) is 105 Å². The predicted molar refractivity (Wildman–Crippen MR) is 135 cm³/mol. The molecule has 2 unspecified atom stereocenters. The molecule has 3 N–H and O–H groups in total. The lowest BCUT2D eigenvalue weighted by Gasteiger charge is -2.72. The first-order valence-electron chi connectivity index (χ1n) is 14.0. The zero-order valence-electron chi connectivity index (χ0n) is 22.4. The van der Waals surface area contributed by atoms with Gasteiger partial charge < -0.3 is 15.3 Å². The third-order valence-corrected chi connectivity index (χ3v) is 13.6. The number of carboxylic acids is 2. The van der Waals surface area contributed by atoms with Crippen LogP contribution in [0.3, 0.4) is 0 Å². The van der Waals surface area contributed by atoms with Crippen molar-refractivity contribution in [3.8, 4) is 0 Å². The SMILES string of the molecule is C=C(C)[C@@H]1CC[C@]2(C(=O)O)CC[C@]3(C)[C@H](CC[C@@H]4[C@@]5(C)CCC(O)C(C)(C(=O)O)[C@@H]5CC[C@]43C)[C@@H]12. The lowest BCUT2D eigenvalue weighted by atomic mass is 9.32. The maximum absolute atomic E-state index is 12.8. The van der Waals surface area contributed by atoms with Crippen LogP contribution in [0.5, 0.6) is 0 Å². The minimum atomic E-state index is -1.10. The Hall–Kier alpha value is -1.36. The fourth-order valence-electron chi connectivity index (χ4n) is 11.5. The van der Waals surface area contributed by atoms with Gasteiger partial charge in [0.25, 0.3) is 0 Å². The van der Waals surface area contributed by atoms with Crippen LogP contribution in [0.4, 0.5) is 0 Å². The van der Waals surface area contributed by atoms with Gasteiger partial charge in [-0.05, 0) is 124 Å². The lowest BCUT2D eigenvalue weighted by Crippen LogP contribution is -2.68. The molecule has 0 radical (unpaired) electrons. The van der Waals surface area contributed by atoms with Crippen LogP contribution in [0.2, 0.25) is 0 Å². The molecule has 11 atom stereocenters. The van der Waals surface area contributed by atoms with Crippen molar-refractivity contribution in [1.29, 1.82) is 0 Å². The van der Waals surface area contributed by atoms with E-state index in [1.807, 2.05) is 0 Å². The van der Waals surface area contributed by atoms with Crippen LogP contribution in [0.1, 0.15) is 98.8 Å². The van der Waals surface area contributed by atoms with E-state index in [1.165, 1.54) is 0 Å². The zero-order chi connectivity index (χ0) is 25.8. The zero-order valence-corrected chi connectivity index (χ0v) is 22.4. The molecule has 196 valence electrons. The van der Waals surface area contributed by atoms with E-state index >= 15 is 0 Å². The van der Waals surface area contributed by atoms with Gasteiger partial charge in [-0.1, -0.05) is 32.9 Å². The number of hydrogen-bond acceptors (Lipinski definition) is 3. The van der Waals surface area contributed by atoms with Gasteiger partial charge in [-0.25, -0.2) is 0 Å². The van der Waals surface area contributed by atoms with E-state index in [-0.39, 0.29) is 34.0 Å². The van der Waals surface area contributed by atoms with Crippen LogP contribution in [0, 0.1) is 56.7 Å². The number of aliphatic hydroxyl groups is 1. The Kier molecular flexibility index (Phi) is 5.48. The summed E-state index contributed by atoms with van der Waals surface area (Å²) >= 11 is 0. The van der Waals surface area contributed by atoms with Crippen LogP contribution >= 0.6 is 0 Å². The lowest BCUT2D eigenvalue weighted by molar-refractivity contribution is -0.251. The molecule has 0 spiro atoms. The highest BCUT2D eigenvalue weighted by atomic mass is 16.4. The molecule has 5 saturated carbocycles. The molecule has 5 fully saturated rings. The van der Waals surface area contributed by atoms with E-state index in [2.05, 4.69) is 34.3 Å². The molecule has 0 aromatic carbocycles. The number of allylic oxidation sites excluding steroid dienone is 1. The van der Waals surface area contributed by atoms with Crippen LogP contribution < -0.4 is 0 Å². The molecule has 5 heteroatoms. The van der Waals surface area contributed by atoms with Gasteiger partial charge in [-0.2, -0.15) is 0 Å². The third-order valence-electron chi connectivity index (χ3n) is 13.6. The second-order valence-corrected chi connectivity index (χ2v) is 14.3. The number of aliphatic carboxylic acids is 2. The molecule has 0 heterocycles. The van der Waals surface area contributed by atoms with E-state index < -0.39 is 28.9 Å². The monoisotopic (exact) mass is 486 g/mol. The predicted octanol–water partition coefficient (Wildman–Crippen LogP) is 6.15. The van der Waals surface area contributed by atoms with E-state index in [9.17, 15) is 24.9 Å². The van der Waals surface area contributed by atoms with Crippen LogP contribution in [-0.2, 0) is 9.59 Å². The summed E-state index contributed by atoms with van der Waals surface area (Å²) in [6.45, 7) is 15.4. The molecule has 0 aromatic rings. The molecule has 0 aliphatic heterocycles. The highest BCUT2D eigenvalue weighted by molar-refractivity contribution is 5.76. The molecular weight excluding hydrogens is 440 g/mol. The second kappa shape index (κ2) is 7.58. The number of carbonyl (C=O) groups is 2. The Morgan fingerprint density at radius 1 is 0.771 bits per heavy atom. The van der Waals surface area contributed by atoms with Crippen LogP contribution in [-0.4, -0.2) is 33.4 Å². The number of hydrogen-bond donors (Lipinski definition) is 3. The summed E-state index contributed by atoms with van der Waals surface area (Å²) in [4.78, 5) is 25.3. The average molecular weight is 487 g/mol. The Labute approximate surface area is 210 Å².